The summed E-state index contributed by atoms with van der Waals surface area (Å²) in [7, 11) is 1.72. The maximum absolute atomic E-state index is 11.1. The van der Waals surface area contributed by atoms with Gasteiger partial charge in [0.2, 0.25) is 0 Å². The molecule has 0 aromatic carbocycles. The van der Waals surface area contributed by atoms with Crippen molar-refractivity contribution in [2.45, 2.75) is 13.3 Å². The van der Waals surface area contributed by atoms with Crippen LogP contribution in [-0.4, -0.2) is 4.57 Å². The van der Waals surface area contributed by atoms with E-state index in [2.05, 4.69) is 0 Å². The highest BCUT2D eigenvalue weighted by Crippen LogP contribution is 2.04. The van der Waals surface area contributed by atoms with Crippen molar-refractivity contribution in [2.24, 2.45) is 7.05 Å². The molecule has 2 rings (SSSR count). The molecule has 68 valence electrons. The third-order valence-electron chi connectivity index (χ3n) is 2.30. The van der Waals surface area contributed by atoms with Gasteiger partial charge in [-0.05, 0) is 31.1 Å². The van der Waals surface area contributed by atoms with Crippen molar-refractivity contribution in [3.63, 3.8) is 0 Å². The predicted molar refractivity (Wildman–Crippen MR) is 50.5 cm³/mol. The molecule has 0 N–H and O–H groups in total. The highest BCUT2D eigenvalue weighted by Gasteiger charge is 2.05. The van der Waals surface area contributed by atoms with Crippen LogP contribution in [0.15, 0.2) is 20.9 Å². The number of nitrogens with zero attached hydrogens (tertiary/aromatic N) is 1. The maximum Gasteiger partial charge on any atom is 0.419 e. The molecule has 3 heteroatoms. The molecule has 1 aromatic rings. The van der Waals surface area contributed by atoms with Crippen molar-refractivity contribution >= 4 is 12.2 Å². The molecular formula is C10H11NO2. The zero-order valence-electron chi connectivity index (χ0n) is 7.70. The second-order valence-electron chi connectivity index (χ2n) is 3.09. The van der Waals surface area contributed by atoms with Crippen LogP contribution in [0.1, 0.15) is 13.3 Å². The number of hydrogen-bond acceptors (Lipinski definition) is 2. The molecule has 0 bridgehead atoms. The van der Waals surface area contributed by atoms with Gasteiger partial charge in [0.05, 0.1) is 5.35 Å². The quantitative estimate of drug-likeness (QED) is 0.554. The first-order valence-electron chi connectivity index (χ1n) is 4.25. The summed E-state index contributed by atoms with van der Waals surface area (Å²) in [5, 5.41) is 0.865. The van der Waals surface area contributed by atoms with Gasteiger partial charge in [0.25, 0.3) is 0 Å². The molecule has 3 nitrogen and oxygen atoms in total. The number of allylic oxidation sites excluding steroid dienone is 2. The topological polar surface area (TPSA) is 35.1 Å². The first-order valence-corrected chi connectivity index (χ1v) is 4.25. The van der Waals surface area contributed by atoms with Crippen molar-refractivity contribution in [3.8, 4) is 0 Å². The van der Waals surface area contributed by atoms with Gasteiger partial charge in [-0.3, -0.25) is 4.57 Å². The molecule has 0 unspecified atom stereocenters. The van der Waals surface area contributed by atoms with Crippen molar-refractivity contribution in [2.75, 3.05) is 0 Å². The van der Waals surface area contributed by atoms with Crippen molar-refractivity contribution in [1.82, 2.24) is 4.57 Å². The summed E-state index contributed by atoms with van der Waals surface area (Å²) in [6.07, 6.45) is 6.81. The largest absolute Gasteiger partial charge is 0.419 e. The first-order chi connectivity index (χ1) is 6.22. The summed E-state index contributed by atoms with van der Waals surface area (Å²) in [5.74, 6) is -0.296. The summed E-state index contributed by atoms with van der Waals surface area (Å²) >= 11 is 0. The van der Waals surface area contributed by atoms with Gasteiger partial charge in [-0.1, -0.05) is 6.08 Å². The minimum absolute atomic E-state index is 0.296. The van der Waals surface area contributed by atoms with Crippen LogP contribution in [0.3, 0.4) is 0 Å². The van der Waals surface area contributed by atoms with Gasteiger partial charge < -0.3 is 4.42 Å². The molecule has 0 fully saturated rings. The summed E-state index contributed by atoms with van der Waals surface area (Å²) in [6, 6.07) is 0. The average Bonchev–Trinajstić information content (AvgIpc) is 2.43. The third-order valence-corrected chi connectivity index (χ3v) is 2.30. The molecule has 0 saturated carbocycles. The number of aromatic nitrogens is 1. The normalized spacial score (nSPS) is 17.8. The van der Waals surface area contributed by atoms with E-state index in [1.165, 1.54) is 10.1 Å². The molecule has 1 aromatic heterocycles. The monoisotopic (exact) mass is 177 g/mol. The molecule has 0 atom stereocenters. The van der Waals surface area contributed by atoms with Crippen molar-refractivity contribution in [1.29, 1.82) is 0 Å². The van der Waals surface area contributed by atoms with Gasteiger partial charge in [-0.15, -0.1) is 0 Å². The van der Waals surface area contributed by atoms with E-state index < -0.39 is 0 Å². The van der Waals surface area contributed by atoms with Gasteiger partial charge in [0.15, 0.2) is 5.42 Å². The van der Waals surface area contributed by atoms with Gasteiger partial charge in [-0.2, -0.15) is 0 Å². The van der Waals surface area contributed by atoms with Crippen LogP contribution < -0.4 is 16.5 Å². The van der Waals surface area contributed by atoms with E-state index in [9.17, 15) is 4.79 Å². The molecule has 1 heterocycles. The number of fused-ring (bicyclic) bond motifs is 1. The Labute approximate surface area is 75.3 Å². The Morgan fingerprint density at radius 2 is 2.38 bits per heavy atom. The van der Waals surface area contributed by atoms with Crippen LogP contribution in [0.25, 0.3) is 12.2 Å². The fourth-order valence-corrected chi connectivity index (χ4v) is 1.44. The van der Waals surface area contributed by atoms with Crippen LogP contribution >= 0.6 is 0 Å². The SMILES string of the molecule is C/C=C1/C=c2c(oc(=O)n2C)=CC1. The fourth-order valence-electron chi connectivity index (χ4n) is 1.44. The molecule has 0 spiro atoms. The van der Waals surface area contributed by atoms with E-state index in [4.69, 9.17) is 4.42 Å². The predicted octanol–water partition coefficient (Wildman–Crippen LogP) is -0.111. The Kier molecular flexibility index (Phi) is 1.72. The Bertz CT molecular complexity index is 528. The second-order valence-corrected chi connectivity index (χ2v) is 3.09. The summed E-state index contributed by atoms with van der Waals surface area (Å²) in [5.41, 5.74) is 1.90. The van der Waals surface area contributed by atoms with Crippen LogP contribution in [0.4, 0.5) is 0 Å². The van der Waals surface area contributed by atoms with E-state index in [1.54, 1.807) is 7.05 Å². The zero-order chi connectivity index (χ0) is 9.42. The lowest BCUT2D eigenvalue weighted by Gasteiger charge is -1.99. The van der Waals surface area contributed by atoms with Gasteiger partial charge in [-0.25, -0.2) is 4.79 Å². The fraction of sp³-hybridized carbons (Fsp3) is 0.300. The lowest BCUT2D eigenvalue weighted by molar-refractivity contribution is 0.469. The van der Waals surface area contributed by atoms with Crippen molar-refractivity contribution < 1.29 is 4.42 Å². The molecule has 0 saturated heterocycles. The molecule has 1 aliphatic rings. The van der Waals surface area contributed by atoms with Crippen LogP contribution in [0.5, 0.6) is 0 Å². The van der Waals surface area contributed by atoms with E-state index in [-0.39, 0.29) is 5.76 Å². The van der Waals surface area contributed by atoms with E-state index in [1.807, 2.05) is 25.2 Å². The Hall–Kier alpha value is -1.51. The molecule has 0 radical (unpaired) electrons. The lowest BCUT2D eigenvalue weighted by Crippen LogP contribution is -2.31. The minimum Gasteiger partial charge on any atom is -0.408 e. The minimum atomic E-state index is -0.296. The summed E-state index contributed by atoms with van der Waals surface area (Å²) < 4.78 is 6.55. The van der Waals surface area contributed by atoms with E-state index in [0.29, 0.717) is 5.42 Å². The van der Waals surface area contributed by atoms with Gasteiger partial charge >= 0.3 is 5.76 Å². The number of rotatable bonds is 0. The highest BCUT2D eigenvalue weighted by atomic mass is 16.4. The maximum atomic E-state index is 11.1. The first kappa shape index (κ1) is 8.10. The average molecular weight is 177 g/mol. The molecule has 13 heavy (non-hydrogen) atoms. The Morgan fingerprint density at radius 3 is 3.08 bits per heavy atom. The van der Waals surface area contributed by atoms with Crippen molar-refractivity contribution in [3.05, 3.63) is 33.0 Å². The van der Waals surface area contributed by atoms with E-state index in [0.717, 1.165) is 11.8 Å². The third kappa shape index (κ3) is 1.16. The second kappa shape index (κ2) is 2.76. The standard InChI is InChI=1S/C10H11NO2/c1-3-7-4-5-9-8(6-7)11(2)10(12)13-9/h3,5-6H,4H2,1-2H3/b7-3+. The number of oxazole rings is 1. The molecular weight excluding hydrogens is 166 g/mol. The van der Waals surface area contributed by atoms with Crippen LogP contribution in [0, 0.1) is 0 Å². The lowest BCUT2D eigenvalue weighted by atomic mass is 10.1. The number of hydrogen-bond donors (Lipinski definition) is 0. The highest BCUT2D eigenvalue weighted by molar-refractivity contribution is 5.53. The van der Waals surface area contributed by atoms with Gasteiger partial charge in [0.1, 0.15) is 0 Å². The van der Waals surface area contributed by atoms with Crippen LogP contribution in [0.2, 0.25) is 0 Å². The Balaban J connectivity index is 2.87. The van der Waals surface area contributed by atoms with E-state index >= 15 is 0 Å². The summed E-state index contributed by atoms with van der Waals surface area (Å²) in [6.45, 7) is 1.99. The van der Waals surface area contributed by atoms with Crippen LogP contribution in [-0.2, 0) is 7.05 Å². The molecule has 0 amide bonds. The zero-order valence-corrected chi connectivity index (χ0v) is 7.70. The van der Waals surface area contributed by atoms with Gasteiger partial charge in [0, 0.05) is 7.05 Å². The Morgan fingerprint density at radius 1 is 1.62 bits per heavy atom. The smallest absolute Gasteiger partial charge is 0.408 e. The summed E-state index contributed by atoms with van der Waals surface area (Å²) in [4.78, 5) is 11.1. The molecule has 0 aliphatic heterocycles. The molecule has 1 aliphatic carbocycles.